The molecule has 3 unspecified atom stereocenters. The third-order valence-corrected chi connectivity index (χ3v) is 5.63. The highest BCUT2D eigenvalue weighted by atomic mass is 35.5. The molecule has 0 aliphatic heterocycles. The van der Waals surface area contributed by atoms with Crippen LogP contribution in [0.3, 0.4) is 0 Å². The summed E-state index contributed by atoms with van der Waals surface area (Å²) in [4.78, 5) is 0. The molecular weight excluding hydrogens is 204 g/mol. The molecule has 0 aromatic rings. The summed E-state index contributed by atoms with van der Waals surface area (Å²) in [6.45, 7) is 7.28. The van der Waals surface area contributed by atoms with Crippen LogP contribution >= 0.6 is 11.6 Å². The van der Waals surface area contributed by atoms with Crippen molar-refractivity contribution in [2.45, 2.75) is 64.7 Å². The van der Waals surface area contributed by atoms with E-state index in [9.17, 15) is 0 Å². The second-order valence-electron chi connectivity index (χ2n) is 6.49. The van der Waals surface area contributed by atoms with Gasteiger partial charge in [-0.05, 0) is 48.9 Å². The Kier molecular flexibility index (Phi) is 3.36. The first kappa shape index (κ1) is 11.8. The van der Waals surface area contributed by atoms with Crippen LogP contribution < -0.4 is 0 Å². The molecule has 0 saturated heterocycles. The van der Waals surface area contributed by atoms with Gasteiger partial charge in [-0.2, -0.15) is 0 Å². The second kappa shape index (κ2) is 4.28. The highest BCUT2D eigenvalue weighted by Gasteiger charge is 2.44. The minimum atomic E-state index is 0.435. The molecule has 0 radical (unpaired) electrons. The van der Waals surface area contributed by atoms with Gasteiger partial charge in [-0.1, -0.05) is 33.6 Å². The average Bonchev–Trinajstić information content (AvgIpc) is 1.97. The summed E-state index contributed by atoms with van der Waals surface area (Å²) in [6, 6.07) is 0. The van der Waals surface area contributed by atoms with E-state index in [-0.39, 0.29) is 0 Å². The molecular formula is C14H25Cl. The molecule has 2 rings (SSSR count). The average molecular weight is 229 g/mol. The summed E-state index contributed by atoms with van der Waals surface area (Å²) >= 11 is 6.59. The van der Waals surface area contributed by atoms with Crippen molar-refractivity contribution in [3.05, 3.63) is 0 Å². The van der Waals surface area contributed by atoms with Crippen LogP contribution in [-0.2, 0) is 0 Å². The zero-order chi connectivity index (χ0) is 11.1. The highest BCUT2D eigenvalue weighted by Crippen LogP contribution is 2.52. The van der Waals surface area contributed by atoms with E-state index in [2.05, 4.69) is 20.8 Å². The molecule has 0 nitrogen and oxygen atoms in total. The van der Waals surface area contributed by atoms with E-state index in [4.69, 9.17) is 11.6 Å². The summed E-state index contributed by atoms with van der Waals surface area (Å²) in [7, 11) is 0. The lowest BCUT2D eigenvalue weighted by atomic mass is 9.58. The van der Waals surface area contributed by atoms with Crippen LogP contribution in [0.4, 0.5) is 0 Å². The fourth-order valence-corrected chi connectivity index (χ4v) is 4.36. The molecule has 0 aromatic heterocycles. The predicted molar refractivity (Wildman–Crippen MR) is 67.3 cm³/mol. The van der Waals surface area contributed by atoms with E-state index in [0.717, 1.165) is 17.8 Å². The van der Waals surface area contributed by atoms with Gasteiger partial charge in [0.1, 0.15) is 0 Å². The van der Waals surface area contributed by atoms with Crippen LogP contribution in [0.2, 0.25) is 0 Å². The van der Waals surface area contributed by atoms with E-state index >= 15 is 0 Å². The zero-order valence-corrected chi connectivity index (χ0v) is 11.2. The third kappa shape index (κ3) is 2.20. The molecule has 2 fully saturated rings. The first-order chi connectivity index (χ1) is 7.01. The Labute approximate surface area is 99.8 Å². The lowest BCUT2D eigenvalue weighted by Crippen LogP contribution is -2.42. The maximum atomic E-state index is 6.59. The maximum absolute atomic E-state index is 6.59. The van der Waals surface area contributed by atoms with Crippen molar-refractivity contribution in [1.82, 2.24) is 0 Å². The summed E-state index contributed by atoms with van der Waals surface area (Å²) in [5.74, 6) is 2.57. The lowest BCUT2D eigenvalue weighted by molar-refractivity contribution is 0.0303. The van der Waals surface area contributed by atoms with Gasteiger partial charge < -0.3 is 0 Å². The molecule has 0 N–H and O–H groups in total. The van der Waals surface area contributed by atoms with E-state index in [1.54, 1.807) is 0 Å². The molecule has 0 bridgehead atoms. The van der Waals surface area contributed by atoms with Crippen LogP contribution in [0.15, 0.2) is 0 Å². The van der Waals surface area contributed by atoms with Crippen LogP contribution in [-0.4, -0.2) is 5.38 Å². The number of hydrogen-bond donors (Lipinski definition) is 0. The Morgan fingerprint density at radius 2 is 1.73 bits per heavy atom. The van der Waals surface area contributed by atoms with Crippen molar-refractivity contribution in [2.24, 2.45) is 23.2 Å². The molecule has 3 atom stereocenters. The van der Waals surface area contributed by atoms with Crippen molar-refractivity contribution in [2.75, 3.05) is 0 Å². The first-order valence-corrected chi connectivity index (χ1v) is 7.09. The molecule has 0 aromatic carbocycles. The van der Waals surface area contributed by atoms with E-state index in [1.165, 1.54) is 38.5 Å². The highest BCUT2D eigenvalue weighted by molar-refractivity contribution is 6.20. The van der Waals surface area contributed by atoms with E-state index in [0.29, 0.717) is 10.8 Å². The molecule has 0 spiro atoms. The van der Waals surface area contributed by atoms with Crippen molar-refractivity contribution >= 4 is 11.6 Å². The van der Waals surface area contributed by atoms with Crippen LogP contribution in [0.5, 0.6) is 0 Å². The first-order valence-electron chi connectivity index (χ1n) is 6.66. The number of hydrogen-bond acceptors (Lipinski definition) is 0. The monoisotopic (exact) mass is 228 g/mol. The summed E-state index contributed by atoms with van der Waals surface area (Å²) in [5.41, 5.74) is 0.491. The second-order valence-corrected chi connectivity index (χ2v) is 7.05. The molecule has 2 saturated carbocycles. The van der Waals surface area contributed by atoms with Gasteiger partial charge in [-0.15, -0.1) is 11.6 Å². The number of halogens is 1. The minimum absolute atomic E-state index is 0.435. The number of alkyl halides is 1. The standard InChI is InChI=1S/C14H25Cl/c1-10-7-8-12(13(15)9-10)14(2,3)11-5-4-6-11/h10-13H,4-9H2,1-3H3. The predicted octanol–water partition coefficient (Wildman–Crippen LogP) is 4.86. The van der Waals surface area contributed by atoms with Gasteiger partial charge in [0.2, 0.25) is 0 Å². The van der Waals surface area contributed by atoms with Crippen molar-refractivity contribution in [1.29, 1.82) is 0 Å². The van der Waals surface area contributed by atoms with Gasteiger partial charge in [-0.3, -0.25) is 0 Å². The van der Waals surface area contributed by atoms with Crippen molar-refractivity contribution < 1.29 is 0 Å². The molecule has 0 heterocycles. The van der Waals surface area contributed by atoms with Crippen molar-refractivity contribution in [3.63, 3.8) is 0 Å². The van der Waals surface area contributed by atoms with E-state index in [1.807, 2.05) is 0 Å². The van der Waals surface area contributed by atoms with Gasteiger partial charge in [0.15, 0.2) is 0 Å². The fourth-order valence-electron chi connectivity index (χ4n) is 3.60. The summed E-state index contributed by atoms with van der Waals surface area (Å²) in [5, 5.41) is 0.435. The number of rotatable bonds is 2. The smallest absolute Gasteiger partial charge is 0.0372 e. The van der Waals surface area contributed by atoms with Crippen molar-refractivity contribution in [3.8, 4) is 0 Å². The third-order valence-electron chi connectivity index (χ3n) is 5.15. The van der Waals surface area contributed by atoms with Crippen LogP contribution in [0.1, 0.15) is 59.3 Å². The Balaban J connectivity index is 2.01. The zero-order valence-electron chi connectivity index (χ0n) is 10.4. The molecule has 1 heteroatoms. The molecule has 15 heavy (non-hydrogen) atoms. The maximum Gasteiger partial charge on any atom is 0.0372 e. The lowest BCUT2D eigenvalue weighted by Gasteiger charge is -2.49. The molecule has 0 amide bonds. The SMILES string of the molecule is CC1CCC(C(C)(C)C2CCC2)C(Cl)C1. The Morgan fingerprint density at radius 3 is 2.20 bits per heavy atom. The Hall–Kier alpha value is 0.290. The Bertz CT molecular complexity index is 217. The van der Waals surface area contributed by atoms with Gasteiger partial charge in [0.05, 0.1) is 0 Å². The fraction of sp³-hybridized carbons (Fsp3) is 1.00. The van der Waals surface area contributed by atoms with Crippen LogP contribution in [0, 0.1) is 23.2 Å². The quantitative estimate of drug-likeness (QED) is 0.593. The van der Waals surface area contributed by atoms with Crippen LogP contribution in [0.25, 0.3) is 0 Å². The van der Waals surface area contributed by atoms with Gasteiger partial charge in [-0.25, -0.2) is 0 Å². The largest absolute Gasteiger partial charge is 0.123 e. The minimum Gasteiger partial charge on any atom is -0.123 e. The van der Waals surface area contributed by atoms with Gasteiger partial charge in [0.25, 0.3) is 0 Å². The molecule has 88 valence electrons. The van der Waals surface area contributed by atoms with Gasteiger partial charge >= 0.3 is 0 Å². The topological polar surface area (TPSA) is 0 Å². The van der Waals surface area contributed by atoms with E-state index < -0.39 is 0 Å². The molecule has 2 aliphatic carbocycles. The Morgan fingerprint density at radius 1 is 1.07 bits per heavy atom. The molecule has 2 aliphatic rings. The summed E-state index contributed by atoms with van der Waals surface area (Å²) in [6.07, 6.45) is 8.33. The summed E-state index contributed by atoms with van der Waals surface area (Å²) < 4.78 is 0. The normalized spacial score (nSPS) is 38.8. The van der Waals surface area contributed by atoms with Gasteiger partial charge in [0, 0.05) is 5.38 Å².